The number of thioether (sulfide) groups is 1. The van der Waals surface area contributed by atoms with Gasteiger partial charge in [0, 0.05) is 16.2 Å². The lowest BCUT2D eigenvalue weighted by Crippen LogP contribution is -2.39. The number of nitrogens with one attached hydrogen (secondary N) is 1. The Balaban J connectivity index is 2.20. The van der Waals surface area contributed by atoms with E-state index in [9.17, 15) is 9.59 Å². The van der Waals surface area contributed by atoms with Crippen molar-refractivity contribution >= 4 is 28.5 Å². The second kappa shape index (κ2) is 9.59. The van der Waals surface area contributed by atoms with Gasteiger partial charge in [-0.1, -0.05) is 65.5 Å². The molecule has 2 rings (SSSR count). The molecule has 0 spiro atoms. The van der Waals surface area contributed by atoms with E-state index in [0.29, 0.717) is 5.92 Å². The summed E-state index contributed by atoms with van der Waals surface area (Å²) < 4.78 is 0. The maximum atomic E-state index is 13.3. The maximum absolute atomic E-state index is 13.3. The molecule has 1 atom stereocenters. The van der Waals surface area contributed by atoms with Gasteiger partial charge in [-0.05, 0) is 49.1 Å². The Labute approximate surface area is 162 Å². The van der Waals surface area contributed by atoms with Crippen LogP contribution in [-0.2, 0) is 9.59 Å². The highest BCUT2D eigenvalue weighted by Crippen LogP contribution is 2.43. The van der Waals surface area contributed by atoms with Gasteiger partial charge in [-0.2, -0.15) is 0 Å². The second-order valence-electron chi connectivity index (χ2n) is 8.08. The summed E-state index contributed by atoms with van der Waals surface area (Å²) in [7, 11) is 0. The molecule has 26 heavy (non-hydrogen) atoms. The van der Waals surface area contributed by atoms with Crippen molar-refractivity contribution in [2.24, 2.45) is 17.3 Å². The van der Waals surface area contributed by atoms with Gasteiger partial charge in [0.25, 0.3) is 0 Å². The monoisotopic (exact) mass is 375 g/mol. The highest BCUT2D eigenvalue weighted by molar-refractivity contribution is 8.13. The molecule has 0 aliphatic heterocycles. The zero-order valence-electron chi connectivity index (χ0n) is 16.6. The van der Waals surface area contributed by atoms with Gasteiger partial charge in [-0.25, -0.2) is 0 Å². The van der Waals surface area contributed by atoms with Gasteiger partial charge < -0.3 is 5.32 Å². The smallest absolute Gasteiger partial charge is 0.230 e. The molecular weight excluding hydrogens is 342 g/mol. The van der Waals surface area contributed by atoms with Crippen LogP contribution in [0.2, 0.25) is 0 Å². The van der Waals surface area contributed by atoms with Crippen LogP contribution >= 0.6 is 11.8 Å². The summed E-state index contributed by atoms with van der Waals surface area (Å²) in [6, 6.07) is 7.67. The van der Waals surface area contributed by atoms with Crippen molar-refractivity contribution in [2.75, 3.05) is 5.32 Å². The molecule has 1 aliphatic carbocycles. The summed E-state index contributed by atoms with van der Waals surface area (Å²) in [5.74, 6) is 0.660. The van der Waals surface area contributed by atoms with E-state index in [1.165, 1.54) is 18.2 Å². The van der Waals surface area contributed by atoms with Crippen molar-refractivity contribution in [1.29, 1.82) is 0 Å². The van der Waals surface area contributed by atoms with Gasteiger partial charge in [-0.3, -0.25) is 9.59 Å². The molecule has 4 heteroatoms. The number of hydrogen-bond acceptors (Lipinski definition) is 3. The molecule has 0 radical (unpaired) electrons. The van der Waals surface area contributed by atoms with Crippen LogP contribution in [0, 0.1) is 17.3 Å². The van der Waals surface area contributed by atoms with Crippen LogP contribution in [0.4, 0.5) is 5.69 Å². The lowest BCUT2D eigenvalue weighted by atomic mass is 9.68. The van der Waals surface area contributed by atoms with Crippen molar-refractivity contribution < 1.29 is 9.59 Å². The molecule has 1 fully saturated rings. The lowest BCUT2D eigenvalue weighted by Gasteiger charge is -2.38. The van der Waals surface area contributed by atoms with E-state index in [0.717, 1.165) is 49.1 Å². The fraction of sp³-hybridized carbons (Fsp3) is 0.636. The van der Waals surface area contributed by atoms with E-state index in [1.807, 2.05) is 38.1 Å². The number of benzene rings is 1. The minimum Gasteiger partial charge on any atom is -0.325 e. The van der Waals surface area contributed by atoms with Gasteiger partial charge in [0.1, 0.15) is 0 Å². The molecule has 1 N–H and O–H groups in total. The summed E-state index contributed by atoms with van der Waals surface area (Å²) in [5.41, 5.74) is 0.513. The quantitative estimate of drug-likeness (QED) is 0.570. The Hall–Kier alpha value is -1.29. The predicted molar refractivity (Wildman–Crippen MR) is 110 cm³/mol. The predicted octanol–water partition coefficient (Wildman–Crippen LogP) is 6.29. The van der Waals surface area contributed by atoms with E-state index < -0.39 is 0 Å². The van der Waals surface area contributed by atoms with Crippen molar-refractivity contribution in [3.8, 4) is 0 Å². The first kappa shape index (κ1) is 21.0. The van der Waals surface area contributed by atoms with Crippen molar-refractivity contribution in [2.45, 2.75) is 77.5 Å². The molecule has 0 aromatic heterocycles. The number of rotatable bonds is 7. The molecule has 3 nitrogen and oxygen atoms in total. The van der Waals surface area contributed by atoms with E-state index in [2.05, 4.69) is 19.2 Å². The fourth-order valence-corrected chi connectivity index (χ4v) is 4.53. The van der Waals surface area contributed by atoms with Gasteiger partial charge in [0.2, 0.25) is 5.91 Å². The third kappa shape index (κ3) is 5.35. The van der Waals surface area contributed by atoms with Crippen LogP contribution < -0.4 is 5.32 Å². The SMILES string of the molecule is CCC(C)CC1(C(=O)Nc2ccccc2SC(=O)C(C)C)CCCCC1. The van der Waals surface area contributed by atoms with Crippen LogP contribution in [0.25, 0.3) is 0 Å². The Morgan fingerprint density at radius 2 is 1.77 bits per heavy atom. The van der Waals surface area contributed by atoms with E-state index >= 15 is 0 Å². The number of amides is 1. The van der Waals surface area contributed by atoms with E-state index in [4.69, 9.17) is 0 Å². The second-order valence-corrected chi connectivity index (χ2v) is 9.13. The summed E-state index contributed by atoms with van der Waals surface area (Å²) in [5, 5.41) is 3.31. The molecule has 1 aromatic carbocycles. The summed E-state index contributed by atoms with van der Waals surface area (Å²) in [6.07, 6.45) is 7.50. The molecular formula is C22H33NO2S. The van der Waals surface area contributed by atoms with Gasteiger partial charge >= 0.3 is 0 Å². The topological polar surface area (TPSA) is 46.2 Å². The first-order chi connectivity index (χ1) is 12.4. The van der Waals surface area contributed by atoms with Gasteiger partial charge in [0.15, 0.2) is 5.12 Å². The molecule has 1 amide bonds. The average Bonchev–Trinajstić information content (AvgIpc) is 2.63. The highest BCUT2D eigenvalue weighted by Gasteiger charge is 2.40. The average molecular weight is 376 g/mol. The van der Waals surface area contributed by atoms with Crippen LogP contribution in [0.1, 0.15) is 72.6 Å². The molecule has 1 saturated carbocycles. The fourth-order valence-electron chi connectivity index (χ4n) is 3.70. The molecule has 0 heterocycles. The first-order valence-electron chi connectivity index (χ1n) is 10.00. The summed E-state index contributed by atoms with van der Waals surface area (Å²) >= 11 is 1.23. The number of para-hydroxylation sites is 1. The largest absolute Gasteiger partial charge is 0.325 e. The lowest BCUT2D eigenvalue weighted by molar-refractivity contribution is -0.128. The van der Waals surface area contributed by atoms with E-state index in [-0.39, 0.29) is 22.4 Å². The maximum Gasteiger partial charge on any atom is 0.230 e. The Bertz CT molecular complexity index is 620. The standard InChI is InChI=1S/C22H33NO2S/c1-5-17(4)15-22(13-9-6-10-14-22)21(25)23-18-11-7-8-12-19(18)26-20(24)16(2)3/h7-8,11-12,16-17H,5-6,9-10,13-15H2,1-4H3,(H,23,25). The number of carbonyl (C=O) groups is 2. The van der Waals surface area contributed by atoms with Crippen LogP contribution in [-0.4, -0.2) is 11.0 Å². The Kier molecular flexibility index (Phi) is 7.75. The third-order valence-corrected chi connectivity index (χ3v) is 6.79. The number of hydrogen-bond donors (Lipinski definition) is 1. The zero-order valence-corrected chi connectivity index (χ0v) is 17.5. The Morgan fingerprint density at radius 1 is 1.12 bits per heavy atom. The molecule has 1 aliphatic rings. The molecule has 0 bridgehead atoms. The minimum absolute atomic E-state index is 0.0288. The summed E-state index contributed by atoms with van der Waals surface area (Å²) in [4.78, 5) is 26.3. The molecule has 0 saturated heterocycles. The summed E-state index contributed by atoms with van der Waals surface area (Å²) in [6.45, 7) is 8.25. The molecule has 1 aromatic rings. The van der Waals surface area contributed by atoms with Crippen molar-refractivity contribution in [1.82, 2.24) is 0 Å². The number of carbonyl (C=O) groups excluding carboxylic acids is 2. The van der Waals surface area contributed by atoms with Gasteiger partial charge in [-0.15, -0.1) is 0 Å². The minimum atomic E-state index is -0.256. The van der Waals surface area contributed by atoms with E-state index in [1.54, 1.807) is 0 Å². The molecule has 144 valence electrons. The van der Waals surface area contributed by atoms with Crippen LogP contribution in [0.5, 0.6) is 0 Å². The van der Waals surface area contributed by atoms with Crippen molar-refractivity contribution in [3.05, 3.63) is 24.3 Å². The van der Waals surface area contributed by atoms with Crippen LogP contribution in [0.3, 0.4) is 0 Å². The first-order valence-corrected chi connectivity index (χ1v) is 10.8. The van der Waals surface area contributed by atoms with Gasteiger partial charge in [0.05, 0.1) is 5.69 Å². The third-order valence-electron chi connectivity index (χ3n) is 5.55. The van der Waals surface area contributed by atoms with Crippen LogP contribution in [0.15, 0.2) is 29.2 Å². The molecule has 1 unspecified atom stereocenters. The normalized spacial score (nSPS) is 17.7. The zero-order chi connectivity index (χ0) is 19.2. The number of anilines is 1. The van der Waals surface area contributed by atoms with Crippen molar-refractivity contribution in [3.63, 3.8) is 0 Å². The Morgan fingerprint density at radius 3 is 2.38 bits per heavy atom. The highest BCUT2D eigenvalue weighted by atomic mass is 32.2.